The number of methoxy groups -OCH3 is 1. The summed E-state index contributed by atoms with van der Waals surface area (Å²) in [6.07, 6.45) is 11.9. The Balaban J connectivity index is 1.66. The number of ether oxygens (including phenoxy) is 2. The second-order valence-electron chi connectivity index (χ2n) is 8.12. The molecule has 5 rings (SSSR count). The fourth-order valence-electron chi connectivity index (χ4n) is 5.29. The monoisotopic (exact) mass is 363 g/mol. The van der Waals surface area contributed by atoms with E-state index in [0.29, 0.717) is 6.04 Å². The van der Waals surface area contributed by atoms with Gasteiger partial charge in [-0.25, -0.2) is 0 Å². The van der Waals surface area contributed by atoms with E-state index in [0.717, 1.165) is 42.0 Å². The van der Waals surface area contributed by atoms with E-state index < -0.39 is 11.0 Å². The first-order valence-corrected chi connectivity index (χ1v) is 9.81. The van der Waals surface area contributed by atoms with Gasteiger partial charge < -0.3 is 9.47 Å². The number of benzene rings is 1. The maximum absolute atomic E-state index is 13.4. The Bertz CT molecular complexity index is 881. The maximum atomic E-state index is 13.4. The highest BCUT2D eigenvalue weighted by Crippen LogP contribution is 2.57. The normalized spacial score (nSPS) is 34.7. The summed E-state index contributed by atoms with van der Waals surface area (Å²) >= 11 is 0. The van der Waals surface area contributed by atoms with E-state index in [1.54, 1.807) is 7.11 Å². The molecule has 27 heavy (non-hydrogen) atoms. The highest BCUT2D eigenvalue weighted by Gasteiger charge is 2.69. The van der Waals surface area contributed by atoms with Gasteiger partial charge in [-0.05, 0) is 44.0 Å². The van der Waals surface area contributed by atoms with Gasteiger partial charge in [-0.3, -0.25) is 9.69 Å². The van der Waals surface area contributed by atoms with Gasteiger partial charge in [0, 0.05) is 12.1 Å². The molecule has 4 heteroatoms. The van der Waals surface area contributed by atoms with E-state index in [9.17, 15) is 4.79 Å². The molecule has 1 aliphatic carbocycles. The Morgan fingerprint density at radius 1 is 1.19 bits per heavy atom. The van der Waals surface area contributed by atoms with E-state index in [1.165, 1.54) is 12.8 Å². The van der Waals surface area contributed by atoms with Crippen LogP contribution >= 0.6 is 0 Å². The Hall–Kier alpha value is -2.33. The van der Waals surface area contributed by atoms with Crippen molar-refractivity contribution in [2.75, 3.05) is 20.2 Å². The molecule has 3 aliphatic heterocycles. The summed E-state index contributed by atoms with van der Waals surface area (Å²) in [6, 6.07) is 8.14. The van der Waals surface area contributed by atoms with Crippen LogP contribution < -0.4 is 4.74 Å². The number of allylic oxidation sites excluding steroid dienone is 4. The molecule has 1 aromatic carbocycles. The quantitative estimate of drug-likeness (QED) is 0.754. The molecule has 1 spiro atoms. The summed E-state index contributed by atoms with van der Waals surface area (Å²) in [5.74, 6) is 0.638. The number of fused-ring (bicyclic) bond motifs is 4. The number of carbonyl (C=O) groups is 1. The molecule has 1 aromatic rings. The largest absolute Gasteiger partial charge is 0.497 e. The lowest BCUT2D eigenvalue weighted by molar-refractivity contribution is -0.180. The number of hydrogen-bond acceptors (Lipinski definition) is 4. The molecule has 3 atom stereocenters. The van der Waals surface area contributed by atoms with Gasteiger partial charge >= 0.3 is 5.97 Å². The molecule has 3 heterocycles. The van der Waals surface area contributed by atoms with Crippen LogP contribution in [0.25, 0.3) is 0 Å². The van der Waals surface area contributed by atoms with Crippen LogP contribution in [-0.4, -0.2) is 42.7 Å². The van der Waals surface area contributed by atoms with Crippen LogP contribution in [0, 0.1) is 0 Å². The Morgan fingerprint density at radius 3 is 2.74 bits per heavy atom. The summed E-state index contributed by atoms with van der Waals surface area (Å²) in [6.45, 7) is 3.99. The van der Waals surface area contributed by atoms with Crippen molar-refractivity contribution in [3.8, 4) is 5.75 Å². The maximum Gasteiger partial charge on any atom is 0.325 e. The zero-order valence-electron chi connectivity index (χ0n) is 15.9. The summed E-state index contributed by atoms with van der Waals surface area (Å²) < 4.78 is 11.6. The summed E-state index contributed by atoms with van der Waals surface area (Å²) in [5, 5.41) is 0. The fraction of sp³-hybridized carbons (Fsp3) is 0.435. The van der Waals surface area contributed by atoms with Crippen molar-refractivity contribution in [2.24, 2.45) is 0 Å². The number of piperidine rings is 1. The third-order valence-corrected chi connectivity index (χ3v) is 6.72. The average Bonchev–Trinajstić information content (AvgIpc) is 2.81. The molecule has 0 saturated carbocycles. The van der Waals surface area contributed by atoms with Gasteiger partial charge in [0.25, 0.3) is 0 Å². The number of nitrogens with zero attached hydrogens (tertiary/aromatic N) is 1. The lowest BCUT2D eigenvalue weighted by Gasteiger charge is -2.57. The molecule has 0 N–H and O–H groups in total. The zero-order chi connectivity index (χ0) is 18.6. The van der Waals surface area contributed by atoms with Crippen molar-refractivity contribution < 1.29 is 14.3 Å². The van der Waals surface area contributed by atoms with Crippen molar-refractivity contribution in [3.63, 3.8) is 0 Å². The lowest BCUT2D eigenvalue weighted by Crippen LogP contribution is -2.71. The van der Waals surface area contributed by atoms with E-state index in [4.69, 9.17) is 9.47 Å². The second-order valence-corrected chi connectivity index (χ2v) is 8.12. The first kappa shape index (κ1) is 16.8. The molecule has 140 valence electrons. The minimum absolute atomic E-state index is 0.150. The van der Waals surface area contributed by atoms with Gasteiger partial charge in [0.2, 0.25) is 0 Å². The van der Waals surface area contributed by atoms with Crippen LogP contribution in [0.5, 0.6) is 5.75 Å². The van der Waals surface area contributed by atoms with Crippen LogP contribution in [0.15, 0.2) is 59.7 Å². The SMILES string of the molecule is COc1ccc(C23C=CC(C)=CC=C2C2(CN4CCCCC42)OC3=O)cc1. The van der Waals surface area contributed by atoms with Crippen molar-refractivity contribution in [1.82, 2.24) is 4.90 Å². The molecule has 3 fully saturated rings. The molecule has 0 aromatic heterocycles. The van der Waals surface area contributed by atoms with Crippen molar-refractivity contribution in [1.29, 1.82) is 0 Å². The standard InChI is InChI=1S/C23H25NO3/c1-16-6-11-19-22(13-12-16,17-7-9-18(26-2)10-8-17)21(25)27-23(19)15-24-14-4-3-5-20(23)24/h6-13,20H,3-5,14-15H2,1-2H3. The molecular formula is C23H25NO3. The number of carbonyl (C=O) groups excluding carboxylic acids is 1. The van der Waals surface area contributed by atoms with E-state index in [1.807, 2.05) is 36.4 Å². The summed E-state index contributed by atoms with van der Waals surface area (Å²) in [7, 11) is 1.66. The molecular weight excluding hydrogens is 338 g/mol. The Labute approximate surface area is 160 Å². The van der Waals surface area contributed by atoms with Gasteiger partial charge in [-0.15, -0.1) is 0 Å². The van der Waals surface area contributed by atoms with Crippen LogP contribution in [0.2, 0.25) is 0 Å². The van der Waals surface area contributed by atoms with Crippen LogP contribution in [0.3, 0.4) is 0 Å². The van der Waals surface area contributed by atoms with Crippen LogP contribution in [0.4, 0.5) is 0 Å². The summed E-state index contributed by atoms with van der Waals surface area (Å²) in [4.78, 5) is 15.9. The van der Waals surface area contributed by atoms with Crippen molar-refractivity contribution >= 4 is 5.97 Å². The highest BCUT2D eigenvalue weighted by molar-refractivity contribution is 5.95. The third kappa shape index (κ3) is 2.16. The molecule has 3 saturated heterocycles. The van der Waals surface area contributed by atoms with Gasteiger partial charge in [0.05, 0.1) is 13.2 Å². The topological polar surface area (TPSA) is 38.8 Å². The van der Waals surface area contributed by atoms with E-state index >= 15 is 0 Å². The average molecular weight is 363 g/mol. The van der Waals surface area contributed by atoms with Crippen LogP contribution in [-0.2, 0) is 14.9 Å². The molecule has 4 nitrogen and oxygen atoms in total. The van der Waals surface area contributed by atoms with Gasteiger partial charge in [0.1, 0.15) is 11.2 Å². The minimum atomic E-state index is -0.843. The lowest BCUT2D eigenvalue weighted by atomic mass is 9.64. The molecule has 0 amide bonds. The van der Waals surface area contributed by atoms with Gasteiger partial charge in [-0.2, -0.15) is 0 Å². The van der Waals surface area contributed by atoms with E-state index in [-0.39, 0.29) is 5.97 Å². The first-order chi connectivity index (χ1) is 13.1. The molecule has 0 bridgehead atoms. The number of rotatable bonds is 2. The zero-order valence-corrected chi connectivity index (χ0v) is 15.9. The van der Waals surface area contributed by atoms with Crippen molar-refractivity contribution in [2.45, 2.75) is 43.2 Å². The van der Waals surface area contributed by atoms with Crippen molar-refractivity contribution in [3.05, 3.63) is 65.3 Å². The summed E-state index contributed by atoms with van der Waals surface area (Å²) in [5.41, 5.74) is 1.87. The second kappa shape index (κ2) is 5.83. The van der Waals surface area contributed by atoms with Gasteiger partial charge in [0.15, 0.2) is 5.60 Å². The van der Waals surface area contributed by atoms with E-state index in [2.05, 4.69) is 24.0 Å². The predicted octanol–water partition coefficient (Wildman–Crippen LogP) is 3.54. The first-order valence-electron chi connectivity index (χ1n) is 9.81. The number of hydrogen-bond donors (Lipinski definition) is 0. The highest BCUT2D eigenvalue weighted by atomic mass is 16.6. The molecule has 3 unspecified atom stereocenters. The minimum Gasteiger partial charge on any atom is -0.497 e. The Morgan fingerprint density at radius 2 is 2.00 bits per heavy atom. The number of esters is 1. The predicted molar refractivity (Wildman–Crippen MR) is 104 cm³/mol. The molecule has 4 aliphatic rings. The Kier molecular flexibility index (Phi) is 3.63. The fourth-order valence-corrected chi connectivity index (χ4v) is 5.29. The molecule has 0 radical (unpaired) electrons. The van der Waals surface area contributed by atoms with Crippen LogP contribution in [0.1, 0.15) is 31.7 Å². The smallest absolute Gasteiger partial charge is 0.325 e. The van der Waals surface area contributed by atoms with Gasteiger partial charge in [-0.1, -0.05) is 48.4 Å². The third-order valence-electron chi connectivity index (χ3n) is 6.72.